The van der Waals surface area contributed by atoms with Crippen molar-refractivity contribution in [2.75, 3.05) is 6.54 Å². The maximum atomic E-state index is 11.8. The summed E-state index contributed by atoms with van der Waals surface area (Å²) in [6, 6.07) is 20.5. The molecular weight excluding hydrogens is 296 g/mol. The van der Waals surface area contributed by atoms with Gasteiger partial charge in [0.05, 0.1) is 0 Å². The molecule has 0 saturated heterocycles. The Kier molecular flexibility index (Phi) is 7.64. The molecule has 0 fully saturated rings. The molecule has 0 radical (unpaired) electrons. The lowest BCUT2D eigenvalue weighted by molar-refractivity contribution is -0.121. The standard InChI is InChI=1S/C18H22N2O.ClH/c1-14(20-17(21)12-13-19)18(15-8-4-2-5-9-15)16-10-6-3-7-11-16;/h2-11,14,18H,12-13,19H2,1H3,(H,20,21);1H. The Labute approximate surface area is 138 Å². The van der Waals surface area contributed by atoms with E-state index in [0.717, 1.165) is 0 Å². The third kappa shape index (κ3) is 4.86. The number of carbonyl (C=O) groups excluding carboxylic acids is 1. The quantitative estimate of drug-likeness (QED) is 0.860. The molecule has 0 heterocycles. The fourth-order valence-corrected chi connectivity index (χ4v) is 2.63. The van der Waals surface area contributed by atoms with E-state index in [2.05, 4.69) is 29.6 Å². The number of hydrogen-bond donors (Lipinski definition) is 2. The molecule has 3 nitrogen and oxygen atoms in total. The van der Waals surface area contributed by atoms with Crippen molar-refractivity contribution in [1.82, 2.24) is 5.32 Å². The second-order valence-electron chi connectivity index (χ2n) is 5.19. The first-order valence-corrected chi connectivity index (χ1v) is 7.31. The van der Waals surface area contributed by atoms with Crippen molar-refractivity contribution in [3.63, 3.8) is 0 Å². The van der Waals surface area contributed by atoms with Gasteiger partial charge in [-0.15, -0.1) is 12.4 Å². The summed E-state index contributed by atoms with van der Waals surface area (Å²) in [5.41, 5.74) is 7.84. The van der Waals surface area contributed by atoms with E-state index in [1.807, 2.05) is 43.3 Å². The van der Waals surface area contributed by atoms with Gasteiger partial charge in [-0.25, -0.2) is 0 Å². The SMILES string of the molecule is CC(NC(=O)CCN)C(c1ccccc1)c1ccccc1.Cl. The molecule has 0 spiro atoms. The van der Waals surface area contributed by atoms with E-state index in [1.165, 1.54) is 11.1 Å². The highest BCUT2D eigenvalue weighted by Crippen LogP contribution is 2.27. The fourth-order valence-electron chi connectivity index (χ4n) is 2.63. The average Bonchev–Trinajstić information content (AvgIpc) is 2.50. The molecule has 2 aromatic rings. The van der Waals surface area contributed by atoms with Crippen LogP contribution in [0.25, 0.3) is 0 Å². The summed E-state index contributed by atoms with van der Waals surface area (Å²) >= 11 is 0. The van der Waals surface area contributed by atoms with Crippen LogP contribution in [-0.2, 0) is 4.79 Å². The van der Waals surface area contributed by atoms with E-state index in [9.17, 15) is 4.79 Å². The molecule has 4 heteroatoms. The molecule has 22 heavy (non-hydrogen) atoms. The maximum absolute atomic E-state index is 11.8. The van der Waals surface area contributed by atoms with Crippen molar-refractivity contribution >= 4 is 18.3 Å². The van der Waals surface area contributed by atoms with E-state index in [0.29, 0.717) is 13.0 Å². The Balaban J connectivity index is 0.00000242. The molecule has 0 aromatic heterocycles. The smallest absolute Gasteiger partial charge is 0.221 e. The fraction of sp³-hybridized carbons (Fsp3) is 0.278. The highest BCUT2D eigenvalue weighted by Gasteiger charge is 2.22. The van der Waals surface area contributed by atoms with Gasteiger partial charge in [0, 0.05) is 24.9 Å². The number of rotatable bonds is 6. The summed E-state index contributed by atoms with van der Waals surface area (Å²) < 4.78 is 0. The normalized spacial score (nSPS) is 11.6. The predicted octanol–water partition coefficient (Wildman–Crippen LogP) is 3.09. The van der Waals surface area contributed by atoms with E-state index in [4.69, 9.17) is 5.73 Å². The Morgan fingerprint density at radius 3 is 1.86 bits per heavy atom. The van der Waals surface area contributed by atoms with Crippen LogP contribution in [0.15, 0.2) is 60.7 Å². The number of halogens is 1. The third-order valence-corrected chi connectivity index (χ3v) is 3.58. The van der Waals surface area contributed by atoms with Gasteiger partial charge < -0.3 is 11.1 Å². The van der Waals surface area contributed by atoms with Gasteiger partial charge >= 0.3 is 0 Å². The minimum absolute atomic E-state index is 0. The number of nitrogens with one attached hydrogen (secondary N) is 1. The van der Waals surface area contributed by atoms with Crippen molar-refractivity contribution in [2.45, 2.75) is 25.3 Å². The molecule has 3 N–H and O–H groups in total. The number of amides is 1. The molecule has 2 rings (SSSR count). The van der Waals surface area contributed by atoms with Gasteiger partial charge in [-0.2, -0.15) is 0 Å². The summed E-state index contributed by atoms with van der Waals surface area (Å²) in [4.78, 5) is 11.8. The molecule has 0 saturated carbocycles. The lowest BCUT2D eigenvalue weighted by Gasteiger charge is -2.26. The molecule has 1 atom stereocenters. The van der Waals surface area contributed by atoms with Crippen LogP contribution in [0.3, 0.4) is 0 Å². The Morgan fingerprint density at radius 1 is 1.00 bits per heavy atom. The Morgan fingerprint density at radius 2 is 1.45 bits per heavy atom. The molecule has 0 aliphatic rings. The summed E-state index contributed by atoms with van der Waals surface area (Å²) in [6.07, 6.45) is 0.362. The van der Waals surface area contributed by atoms with E-state index < -0.39 is 0 Å². The van der Waals surface area contributed by atoms with Gasteiger partial charge in [0.15, 0.2) is 0 Å². The van der Waals surface area contributed by atoms with Crippen LogP contribution in [0.1, 0.15) is 30.4 Å². The maximum Gasteiger partial charge on any atom is 0.221 e. The van der Waals surface area contributed by atoms with Crippen LogP contribution in [0.5, 0.6) is 0 Å². The van der Waals surface area contributed by atoms with Crippen molar-refractivity contribution < 1.29 is 4.79 Å². The lowest BCUT2D eigenvalue weighted by Crippen LogP contribution is -2.38. The van der Waals surface area contributed by atoms with Crippen LogP contribution in [0.4, 0.5) is 0 Å². The molecule has 0 bridgehead atoms. The van der Waals surface area contributed by atoms with Crippen molar-refractivity contribution in [3.05, 3.63) is 71.8 Å². The highest BCUT2D eigenvalue weighted by molar-refractivity contribution is 5.85. The molecule has 118 valence electrons. The van der Waals surface area contributed by atoms with Gasteiger partial charge in [-0.3, -0.25) is 4.79 Å². The highest BCUT2D eigenvalue weighted by atomic mass is 35.5. The molecule has 1 amide bonds. The largest absolute Gasteiger partial charge is 0.353 e. The summed E-state index contributed by atoms with van der Waals surface area (Å²) in [5, 5.41) is 3.06. The number of benzene rings is 2. The number of nitrogens with two attached hydrogens (primary N) is 1. The second kappa shape index (κ2) is 9.23. The number of hydrogen-bond acceptors (Lipinski definition) is 2. The predicted molar refractivity (Wildman–Crippen MR) is 93.3 cm³/mol. The van der Waals surface area contributed by atoms with Gasteiger partial charge in [0.25, 0.3) is 0 Å². The zero-order valence-corrected chi connectivity index (χ0v) is 13.6. The van der Waals surface area contributed by atoms with Crippen LogP contribution in [-0.4, -0.2) is 18.5 Å². The molecule has 1 unspecified atom stereocenters. The lowest BCUT2D eigenvalue weighted by atomic mass is 9.86. The van der Waals surface area contributed by atoms with Gasteiger partial charge in [0.2, 0.25) is 5.91 Å². The Bertz CT molecular complexity index is 520. The zero-order valence-electron chi connectivity index (χ0n) is 12.7. The first-order valence-electron chi connectivity index (χ1n) is 7.31. The molecular formula is C18H23ClN2O. The minimum atomic E-state index is 0. The second-order valence-corrected chi connectivity index (χ2v) is 5.19. The molecule has 0 aliphatic carbocycles. The van der Waals surface area contributed by atoms with Crippen LogP contribution in [0.2, 0.25) is 0 Å². The first kappa shape index (κ1) is 18.2. The summed E-state index contributed by atoms with van der Waals surface area (Å²) in [6.45, 7) is 2.42. The average molecular weight is 319 g/mol. The van der Waals surface area contributed by atoms with E-state index in [-0.39, 0.29) is 30.3 Å². The van der Waals surface area contributed by atoms with E-state index >= 15 is 0 Å². The zero-order chi connectivity index (χ0) is 15.1. The van der Waals surface area contributed by atoms with Crippen LogP contribution >= 0.6 is 12.4 Å². The van der Waals surface area contributed by atoms with Gasteiger partial charge in [0.1, 0.15) is 0 Å². The monoisotopic (exact) mass is 318 g/mol. The first-order chi connectivity index (χ1) is 10.2. The van der Waals surface area contributed by atoms with Crippen LogP contribution in [0, 0.1) is 0 Å². The topological polar surface area (TPSA) is 55.1 Å². The third-order valence-electron chi connectivity index (χ3n) is 3.58. The van der Waals surface area contributed by atoms with Crippen molar-refractivity contribution in [1.29, 1.82) is 0 Å². The van der Waals surface area contributed by atoms with E-state index in [1.54, 1.807) is 0 Å². The summed E-state index contributed by atoms with van der Waals surface area (Å²) in [7, 11) is 0. The number of carbonyl (C=O) groups is 1. The minimum Gasteiger partial charge on any atom is -0.353 e. The van der Waals surface area contributed by atoms with Gasteiger partial charge in [-0.05, 0) is 18.1 Å². The van der Waals surface area contributed by atoms with Crippen LogP contribution < -0.4 is 11.1 Å². The Hall–Kier alpha value is -1.84. The van der Waals surface area contributed by atoms with Gasteiger partial charge in [-0.1, -0.05) is 60.7 Å². The molecule has 2 aromatic carbocycles. The summed E-state index contributed by atoms with van der Waals surface area (Å²) in [5.74, 6) is 0.135. The van der Waals surface area contributed by atoms with Crippen molar-refractivity contribution in [3.8, 4) is 0 Å². The van der Waals surface area contributed by atoms with Crippen molar-refractivity contribution in [2.24, 2.45) is 5.73 Å². The molecule has 0 aliphatic heterocycles.